The molecule has 0 aromatic heterocycles. The van der Waals surface area contributed by atoms with Crippen LogP contribution in [0, 0.1) is 0 Å². The lowest BCUT2D eigenvalue weighted by atomic mass is 10.1. The van der Waals surface area contributed by atoms with Gasteiger partial charge in [-0.05, 0) is 12.1 Å². The van der Waals surface area contributed by atoms with E-state index in [2.05, 4.69) is 6.58 Å². The van der Waals surface area contributed by atoms with E-state index < -0.39 is 36.4 Å². The fourth-order valence-electron chi connectivity index (χ4n) is 2.20. The first-order valence-electron chi connectivity index (χ1n) is 7.29. The van der Waals surface area contributed by atoms with E-state index in [1.807, 2.05) is 0 Å². The van der Waals surface area contributed by atoms with Crippen LogP contribution in [-0.4, -0.2) is 43.0 Å². The Balaban J connectivity index is 2.00. The van der Waals surface area contributed by atoms with Crippen LogP contribution in [0.4, 0.5) is 0 Å². The van der Waals surface area contributed by atoms with Gasteiger partial charge >= 0.3 is 17.9 Å². The molecule has 1 aliphatic rings. The molecule has 0 radical (unpaired) electrons. The number of benzene rings is 1. The molecule has 2 rings (SSSR count). The fourth-order valence-corrected chi connectivity index (χ4v) is 2.20. The van der Waals surface area contributed by atoms with Gasteiger partial charge in [-0.3, -0.25) is 9.59 Å². The highest BCUT2D eigenvalue weighted by atomic mass is 16.7. The van der Waals surface area contributed by atoms with Gasteiger partial charge in [-0.25, -0.2) is 4.79 Å². The predicted octanol–water partition coefficient (Wildman–Crippen LogP) is 1.62. The molecule has 1 aromatic rings. The van der Waals surface area contributed by atoms with Crippen molar-refractivity contribution in [3.05, 3.63) is 48.0 Å². The summed E-state index contributed by atoms with van der Waals surface area (Å²) in [4.78, 5) is 34.3. The standard InChI is InChI=1S/C17H18O7/c1-10-14(9-21-16(20)13-7-5-4-6-8-13)24-17(23-12(3)19)15(10)22-11(2)18/h4-8,14-15,17H,1,9H2,2-3H3/t14-,15-,17-/m1/s1. The van der Waals surface area contributed by atoms with Crippen LogP contribution in [0.3, 0.4) is 0 Å². The fraction of sp³-hybridized carbons (Fsp3) is 0.353. The zero-order valence-corrected chi connectivity index (χ0v) is 13.4. The van der Waals surface area contributed by atoms with Crippen molar-refractivity contribution in [1.82, 2.24) is 0 Å². The van der Waals surface area contributed by atoms with E-state index in [9.17, 15) is 14.4 Å². The van der Waals surface area contributed by atoms with Crippen molar-refractivity contribution in [2.24, 2.45) is 0 Å². The van der Waals surface area contributed by atoms with Crippen LogP contribution in [0.5, 0.6) is 0 Å². The van der Waals surface area contributed by atoms with E-state index in [-0.39, 0.29) is 6.61 Å². The minimum Gasteiger partial charge on any atom is -0.459 e. The molecule has 3 atom stereocenters. The monoisotopic (exact) mass is 334 g/mol. The SMILES string of the molecule is C=C1[C@@H](OC(C)=O)[C@H](OC(C)=O)O[C@@H]1COC(=O)c1ccccc1. The van der Waals surface area contributed by atoms with Gasteiger partial charge in [0.2, 0.25) is 6.29 Å². The molecule has 0 aliphatic carbocycles. The predicted molar refractivity (Wildman–Crippen MR) is 81.8 cm³/mol. The van der Waals surface area contributed by atoms with Crippen molar-refractivity contribution < 1.29 is 33.3 Å². The van der Waals surface area contributed by atoms with Crippen LogP contribution in [0.1, 0.15) is 24.2 Å². The third kappa shape index (κ3) is 4.42. The minimum atomic E-state index is -1.11. The van der Waals surface area contributed by atoms with Crippen LogP contribution in [0.15, 0.2) is 42.5 Å². The van der Waals surface area contributed by atoms with Gasteiger partial charge in [0.1, 0.15) is 12.7 Å². The molecule has 24 heavy (non-hydrogen) atoms. The maximum absolute atomic E-state index is 11.9. The van der Waals surface area contributed by atoms with Gasteiger partial charge in [-0.2, -0.15) is 0 Å². The Labute approximate surface area is 139 Å². The average Bonchev–Trinajstić information content (AvgIpc) is 2.81. The second kappa shape index (κ2) is 7.74. The van der Waals surface area contributed by atoms with Crippen LogP contribution >= 0.6 is 0 Å². The molecule has 1 heterocycles. The third-order valence-electron chi connectivity index (χ3n) is 3.27. The van der Waals surface area contributed by atoms with Crippen LogP contribution in [0.2, 0.25) is 0 Å². The minimum absolute atomic E-state index is 0.137. The summed E-state index contributed by atoms with van der Waals surface area (Å²) >= 11 is 0. The van der Waals surface area contributed by atoms with E-state index >= 15 is 0 Å². The number of hydrogen-bond acceptors (Lipinski definition) is 7. The van der Waals surface area contributed by atoms with Gasteiger partial charge in [0.25, 0.3) is 0 Å². The summed E-state index contributed by atoms with van der Waals surface area (Å²) in [5.74, 6) is -1.68. The molecule has 1 aliphatic heterocycles. The largest absolute Gasteiger partial charge is 0.459 e. The highest BCUT2D eigenvalue weighted by molar-refractivity contribution is 5.89. The van der Waals surface area contributed by atoms with Crippen molar-refractivity contribution in [3.63, 3.8) is 0 Å². The molecule has 0 N–H and O–H groups in total. The molecule has 0 spiro atoms. The summed E-state index contributed by atoms with van der Waals surface area (Å²) < 4.78 is 20.7. The Morgan fingerprint density at radius 1 is 1.08 bits per heavy atom. The zero-order valence-electron chi connectivity index (χ0n) is 13.4. The summed E-state index contributed by atoms with van der Waals surface area (Å²) in [7, 11) is 0. The van der Waals surface area contributed by atoms with Crippen molar-refractivity contribution in [2.45, 2.75) is 32.3 Å². The number of carbonyl (C=O) groups is 3. The van der Waals surface area contributed by atoms with Gasteiger partial charge in [0.15, 0.2) is 6.10 Å². The number of ether oxygens (including phenoxy) is 4. The van der Waals surface area contributed by atoms with Crippen molar-refractivity contribution >= 4 is 17.9 Å². The lowest BCUT2D eigenvalue weighted by Crippen LogP contribution is -2.31. The number of esters is 3. The molecular weight excluding hydrogens is 316 g/mol. The Morgan fingerprint density at radius 3 is 2.29 bits per heavy atom. The molecule has 0 amide bonds. The first-order valence-corrected chi connectivity index (χ1v) is 7.29. The molecule has 7 nitrogen and oxygen atoms in total. The van der Waals surface area contributed by atoms with E-state index in [4.69, 9.17) is 18.9 Å². The van der Waals surface area contributed by atoms with E-state index in [1.165, 1.54) is 13.8 Å². The van der Waals surface area contributed by atoms with Gasteiger partial charge in [0, 0.05) is 19.4 Å². The Bertz CT molecular complexity index is 638. The number of hydrogen-bond donors (Lipinski definition) is 0. The lowest BCUT2D eigenvalue weighted by molar-refractivity contribution is -0.195. The first kappa shape index (κ1) is 17.7. The molecule has 128 valence electrons. The Hall–Kier alpha value is -2.67. The van der Waals surface area contributed by atoms with E-state index in [0.29, 0.717) is 11.1 Å². The molecule has 1 saturated heterocycles. The van der Waals surface area contributed by atoms with Gasteiger partial charge < -0.3 is 18.9 Å². The second-order valence-electron chi connectivity index (χ2n) is 5.17. The zero-order chi connectivity index (χ0) is 17.7. The Morgan fingerprint density at radius 2 is 1.71 bits per heavy atom. The van der Waals surface area contributed by atoms with Crippen molar-refractivity contribution in [1.29, 1.82) is 0 Å². The first-order chi connectivity index (χ1) is 11.4. The Kier molecular flexibility index (Phi) is 5.70. The molecule has 1 fully saturated rings. The molecule has 7 heteroatoms. The molecule has 0 unspecified atom stereocenters. The smallest absolute Gasteiger partial charge is 0.338 e. The van der Waals surface area contributed by atoms with Crippen molar-refractivity contribution in [2.75, 3.05) is 6.61 Å². The molecule has 0 saturated carbocycles. The normalized spacial score (nSPS) is 22.8. The summed E-state index contributed by atoms with van der Waals surface area (Å²) in [5, 5.41) is 0. The summed E-state index contributed by atoms with van der Waals surface area (Å²) in [6, 6.07) is 8.46. The number of rotatable bonds is 5. The highest BCUT2D eigenvalue weighted by Crippen LogP contribution is 2.29. The highest BCUT2D eigenvalue weighted by Gasteiger charge is 2.43. The molecule has 1 aromatic carbocycles. The van der Waals surface area contributed by atoms with Crippen LogP contribution in [-0.2, 0) is 28.5 Å². The second-order valence-corrected chi connectivity index (χ2v) is 5.17. The van der Waals surface area contributed by atoms with Crippen LogP contribution in [0.25, 0.3) is 0 Å². The van der Waals surface area contributed by atoms with Crippen molar-refractivity contribution in [3.8, 4) is 0 Å². The molecule has 0 bridgehead atoms. The third-order valence-corrected chi connectivity index (χ3v) is 3.27. The average molecular weight is 334 g/mol. The lowest BCUT2D eigenvalue weighted by Gasteiger charge is -2.17. The molecular formula is C17H18O7. The van der Waals surface area contributed by atoms with Gasteiger partial charge in [0.05, 0.1) is 5.56 Å². The summed E-state index contributed by atoms with van der Waals surface area (Å²) in [5.41, 5.74) is 0.756. The summed E-state index contributed by atoms with van der Waals surface area (Å²) in [6.45, 7) is 6.09. The van der Waals surface area contributed by atoms with Crippen LogP contribution < -0.4 is 0 Å². The maximum atomic E-state index is 11.9. The maximum Gasteiger partial charge on any atom is 0.338 e. The quantitative estimate of drug-likeness (QED) is 0.459. The number of carbonyl (C=O) groups excluding carboxylic acids is 3. The van der Waals surface area contributed by atoms with Gasteiger partial charge in [-0.1, -0.05) is 24.8 Å². The van der Waals surface area contributed by atoms with Gasteiger partial charge in [-0.15, -0.1) is 0 Å². The topological polar surface area (TPSA) is 88.1 Å². The van der Waals surface area contributed by atoms with E-state index in [1.54, 1.807) is 30.3 Å². The van der Waals surface area contributed by atoms with E-state index in [0.717, 1.165) is 0 Å². The summed E-state index contributed by atoms with van der Waals surface area (Å²) in [6.07, 6.45) is -2.79.